The fourth-order valence-corrected chi connectivity index (χ4v) is 3.22. The van der Waals surface area contributed by atoms with Crippen LogP contribution < -0.4 is 5.43 Å². The van der Waals surface area contributed by atoms with Gasteiger partial charge in [-0.25, -0.2) is 0 Å². The van der Waals surface area contributed by atoms with E-state index >= 15 is 0 Å². The molecule has 0 radical (unpaired) electrons. The van der Waals surface area contributed by atoms with Crippen molar-refractivity contribution in [3.05, 3.63) is 63.3 Å². The first-order chi connectivity index (χ1) is 12.0. The highest BCUT2D eigenvalue weighted by atomic mass is 35.5. The Morgan fingerprint density at radius 2 is 1.88 bits per heavy atom. The van der Waals surface area contributed by atoms with Crippen LogP contribution >= 0.6 is 11.6 Å². The van der Waals surface area contributed by atoms with E-state index in [0.29, 0.717) is 27.4 Å². The lowest BCUT2D eigenvalue weighted by Crippen LogP contribution is -2.03. The van der Waals surface area contributed by atoms with Crippen LogP contribution in [0.2, 0.25) is 5.02 Å². The third-order valence-corrected chi connectivity index (χ3v) is 4.75. The summed E-state index contributed by atoms with van der Waals surface area (Å²) in [7, 11) is 0. The summed E-state index contributed by atoms with van der Waals surface area (Å²) in [4.78, 5) is 12.6. The summed E-state index contributed by atoms with van der Waals surface area (Å²) in [6.45, 7) is 6.04. The zero-order valence-corrected chi connectivity index (χ0v) is 15.0. The molecule has 0 unspecified atom stereocenters. The average molecular weight is 353 g/mol. The lowest BCUT2D eigenvalue weighted by Gasteiger charge is -2.06. The minimum Gasteiger partial charge on any atom is -0.454 e. The molecule has 126 valence electrons. The smallest absolute Gasteiger partial charge is 0.193 e. The van der Waals surface area contributed by atoms with Crippen LogP contribution in [0.25, 0.3) is 33.3 Å². The van der Waals surface area contributed by atoms with Crippen molar-refractivity contribution in [1.29, 1.82) is 0 Å². The topological polar surface area (TPSA) is 48.0 Å². The van der Waals surface area contributed by atoms with Gasteiger partial charge in [0.25, 0.3) is 0 Å². The van der Waals surface area contributed by atoms with Crippen molar-refractivity contribution in [2.75, 3.05) is 0 Å². The van der Waals surface area contributed by atoms with Gasteiger partial charge in [-0.1, -0.05) is 29.8 Å². The van der Waals surface area contributed by atoms with Crippen molar-refractivity contribution < 1.29 is 4.42 Å². The second kappa shape index (κ2) is 5.74. The van der Waals surface area contributed by atoms with E-state index in [-0.39, 0.29) is 11.5 Å². The van der Waals surface area contributed by atoms with Crippen molar-refractivity contribution in [1.82, 2.24) is 9.78 Å². The van der Waals surface area contributed by atoms with Crippen molar-refractivity contribution >= 4 is 33.5 Å². The van der Waals surface area contributed by atoms with E-state index in [1.54, 1.807) is 12.1 Å². The minimum absolute atomic E-state index is 0.124. The van der Waals surface area contributed by atoms with Gasteiger partial charge in [-0.05, 0) is 44.5 Å². The third-order valence-electron chi connectivity index (χ3n) is 4.34. The second-order valence-corrected chi connectivity index (χ2v) is 6.88. The summed E-state index contributed by atoms with van der Waals surface area (Å²) >= 11 is 6.14. The van der Waals surface area contributed by atoms with Crippen molar-refractivity contribution in [3.63, 3.8) is 0 Å². The first-order valence-electron chi connectivity index (χ1n) is 8.17. The van der Waals surface area contributed by atoms with Gasteiger partial charge in [0.15, 0.2) is 11.2 Å². The highest BCUT2D eigenvalue weighted by Crippen LogP contribution is 2.31. The maximum Gasteiger partial charge on any atom is 0.193 e. The lowest BCUT2D eigenvalue weighted by molar-refractivity contribution is 0.547. The summed E-state index contributed by atoms with van der Waals surface area (Å²) in [5.74, 6) is 0.467. The number of hydrogen-bond donors (Lipinski definition) is 0. The minimum atomic E-state index is -0.124. The molecule has 0 atom stereocenters. The van der Waals surface area contributed by atoms with Gasteiger partial charge in [0.2, 0.25) is 0 Å². The van der Waals surface area contributed by atoms with E-state index in [4.69, 9.17) is 21.1 Å². The molecule has 4 nitrogen and oxygen atoms in total. The van der Waals surface area contributed by atoms with Crippen LogP contribution in [0.15, 0.2) is 51.7 Å². The second-order valence-electron chi connectivity index (χ2n) is 6.48. The predicted octanol–water partition coefficient (Wildman–Crippen LogP) is 5.35. The molecule has 0 N–H and O–H groups in total. The van der Waals surface area contributed by atoms with Gasteiger partial charge in [-0.15, -0.1) is 0 Å². The van der Waals surface area contributed by atoms with E-state index in [1.165, 1.54) is 6.07 Å². The fourth-order valence-electron chi connectivity index (χ4n) is 3.06. The Morgan fingerprint density at radius 1 is 1.12 bits per heavy atom. The molecule has 0 aliphatic heterocycles. The molecule has 2 heterocycles. The largest absolute Gasteiger partial charge is 0.454 e. The molecular formula is C20H17ClN2O2. The molecule has 0 aliphatic rings. The summed E-state index contributed by atoms with van der Waals surface area (Å²) in [5, 5.41) is 6.70. The summed E-state index contributed by atoms with van der Waals surface area (Å²) < 4.78 is 7.98. The number of benzene rings is 2. The molecule has 0 saturated heterocycles. The lowest BCUT2D eigenvalue weighted by atomic mass is 10.1. The summed E-state index contributed by atoms with van der Waals surface area (Å²) in [5.41, 5.74) is 2.96. The highest BCUT2D eigenvalue weighted by Gasteiger charge is 2.17. The molecule has 4 rings (SSSR count). The van der Waals surface area contributed by atoms with E-state index in [9.17, 15) is 4.79 Å². The number of nitrogens with zero attached hydrogens (tertiary/aromatic N) is 2. The van der Waals surface area contributed by atoms with E-state index < -0.39 is 0 Å². The number of hydrogen-bond acceptors (Lipinski definition) is 3. The first kappa shape index (κ1) is 15.9. The molecule has 0 aliphatic carbocycles. The maximum atomic E-state index is 12.6. The van der Waals surface area contributed by atoms with Gasteiger partial charge in [-0.2, -0.15) is 5.10 Å². The SMILES string of the molecule is Cc1cc2oc(-c3nn(C(C)C)c4ccccc34)cc(=O)c2cc1Cl. The normalized spacial score (nSPS) is 11.7. The van der Waals surface area contributed by atoms with Crippen molar-refractivity contribution in [2.24, 2.45) is 0 Å². The number of aromatic nitrogens is 2. The summed E-state index contributed by atoms with van der Waals surface area (Å²) in [6, 6.07) is 13.1. The van der Waals surface area contributed by atoms with Crippen LogP contribution in [-0.2, 0) is 0 Å². The van der Waals surface area contributed by atoms with Crippen molar-refractivity contribution in [2.45, 2.75) is 26.8 Å². The standard InChI is InChI=1S/C20H17ClN2O2/c1-11(2)23-16-7-5-4-6-13(16)20(22-23)19-10-17(24)14-9-15(21)12(3)8-18(14)25-19/h4-11H,1-3H3. The monoisotopic (exact) mass is 352 g/mol. The Morgan fingerprint density at radius 3 is 2.64 bits per heavy atom. The number of halogens is 1. The molecular weight excluding hydrogens is 336 g/mol. The molecule has 2 aromatic carbocycles. The average Bonchev–Trinajstić information content (AvgIpc) is 2.96. The van der Waals surface area contributed by atoms with Crippen molar-refractivity contribution in [3.8, 4) is 11.5 Å². The van der Waals surface area contributed by atoms with Gasteiger partial charge in [0, 0.05) is 22.5 Å². The van der Waals surface area contributed by atoms with Crippen LogP contribution in [0, 0.1) is 6.92 Å². The van der Waals surface area contributed by atoms with Gasteiger partial charge >= 0.3 is 0 Å². The van der Waals surface area contributed by atoms with Crippen LogP contribution in [0.4, 0.5) is 0 Å². The van der Waals surface area contributed by atoms with Crippen LogP contribution in [-0.4, -0.2) is 9.78 Å². The molecule has 4 aromatic rings. The van der Waals surface area contributed by atoms with Crippen LogP contribution in [0.3, 0.4) is 0 Å². The molecule has 0 bridgehead atoms. The summed E-state index contributed by atoms with van der Waals surface area (Å²) in [6.07, 6.45) is 0. The number of fused-ring (bicyclic) bond motifs is 2. The maximum absolute atomic E-state index is 12.6. The first-order valence-corrected chi connectivity index (χ1v) is 8.55. The molecule has 2 aromatic heterocycles. The van der Waals surface area contributed by atoms with Crippen LogP contribution in [0.1, 0.15) is 25.5 Å². The Balaban J connectivity index is 2.04. The van der Waals surface area contributed by atoms with E-state index in [0.717, 1.165) is 16.5 Å². The number of para-hydroxylation sites is 1. The Bertz CT molecular complexity index is 1170. The third kappa shape index (κ3) is 2.53. The number of aryl methyl sites for hydroxylation is 1. The van der Waals surface area contributed by atoms with Crippen LogP contribution in [0.5, 0.6) is 0 Å². The van der Waals surface area contributed by atoms with Gasteiger partial charge < -0.3 is 4.42 Å². The van der Waals surface area contributed by atoms with E-state index in [1.807, 2.05) is 35.9 Å². The molecule has 25 heavy (non-hydrogen) atoms. The Kier molecular flexibility index (Phi) is 3.65. The highest BCUT2D eigenvalue weighted by molar-refractivity contribution is 6.32. The molecule has 0 fully saturated rings. The Hall–Kier alpha value is -2.59. The molecule has 5 heteroatoms. The van der Waals surface area contributed by atoms with Gasteiger partial charge in [-0.3, -0.25) is 9.48 Å². The molecule has 0 saturated carbocycles. The Labute approximate surface area is 149 Å². The quantitative estimate of drug-likeness (QED) is 0.488. The zero-order chi connectivity index (χ0) is 17.7. The van der Waals surface area contributed by atoms with Gasteiger partial charge in [0.1, 0.15) is 11.3 Å². The molecule has 0 amide bonds. The van der Waals surface area contributed by atoms with Gasteiger partial charge in [0.05, 0.1) is 10.9 Å². The predicted molar refractivity (Wildman–Crippen MR) is 101 cm³/mol. The van der Waals surface area contributed by atoms with E-state index in [2.05, 4.69) is 13.8 Å². The zero-order valence-electron chi connectivity index (χ0n) is 14.2. The fraction of sp³-hybridized carbons (Fsp3) is 0.200. The molecule has 0 spiro atoms. The number of rotatable bonds is 2.